The maximum atomic E-state index is 5.79. The first kappa shape index (κ1) is 13.1. The van der Waals surface area contributed by atoms with Crippen molar-refractivity contribution < 1.29 is 17.1 Å². The van der Waals surface area contributed by atoms with Crippen LogP contribution in [0.1, 0.15) is 0 Å². The lowest BCUT2D eigenvalue weighted by Crippen LogP contribution is -3.00. The molecule has 0 saturated carbocycles. The Bertz CT molecular complexity index is 307. The number of hydrogen-bond donors (Lipinski definition) is 1. The zero-order valence-corrected chi connectivity index (χ0v) is 9.80. The third kappa shape index (κ3) is 2.79. The first-order valence-corrected chi connectivity index (χ1v) is 4.20. The van der Waals surface area contributed by atoms with Crippen LogP contribution in [0.15, 0.2) is 18.2 Å². The number of nitrogens with two attached hydrogens (primary N) is 1. The smallest absolute Gasteiger partial charge is 0.142 e. The summed E-state index contributed by atoms with van der Waals surface area (Å²) in [6.07, 6.45) is 0. The molecule has 1 aromatic rings. The van der Waals surface area contributed by atoms with Gasteiger partial charge < -0.3 is 22.9 Å². The van der Waals surface area contributed by atoms with Gasteiger partial charge in [0.2, 0.25) is 0 Å². The van der Waals surface area contributed by atoms with Crippen molar-refractivity contribution in [3.05, 3.63) is 18.2 Å². The molecule has 0 heterocycles. The summed E-state index contributed by atoms with van der Waals surface area (Å²) in [6.45, 7) is 0. The maximum absolute atomic E-state index is 5.79. The van der Waals surface area contributed by atoms with Gasteiger partial charge >= 0.3 is 0 Å². The van der Waals surface area contributed by atoms with Crippen LogP contribution in [-0.4, -0.2) is 28.3 Å². The molecule has 14 heavy (non-hydrogen) atoms. The highest BCUT2D eigenvalue weighted by Crippen LogP contribution is 2.27. The molecule has 0 amide bonds. The molecule has 0 bridgehead atoms. The number of ether oxygens (including phenoxy) is 1. The molecular weight excluding hydrogens is 200 g/mol. The van der Waals surface area contributed by atoms with Crippen LogP contribution < -0.4 is 27.4 Å². The zero-order valence-electron chi connectivity index (χ0n) is 9.04. The lowest BCUT2D eigenvalue weighted by atomic mass is 10.2. The van der Waals surface area contributed by atoms with Gasteiger partial charge in [0.25, 0.3) is 0 Å². The average Bonchev–Trinajstić information content (AvgIpc) is 2.02. The monoisotopic (exact) mass is 216 g/mol. The van der Waals surface area contributed by atoms with E-state index in [0.29, 0.717) is 5.69 Å². The van der Waals surface area contributed by atoms with Crippen molar-refractivity contribution in [2.45, 2.75) is 0 Å². The van der Waals surface area contributed by atoms with Gasteiger partial charge in [-0.3, -0.25) is 4.48 Å². The molecule has 0 unspecified atom stereocenters. The largest absolute Gasteiger partial charge is 1.00 e. The van der Waals surface area contributed by atoms with Gasteiger partial charge in [0.1, 0.15) is 11.4 Å². The Balaban J connectivity index is 0.00000169. The Labute approximate surface area is 91.5 Å². The molecule has 0 aliphatic carbocycles. The molecule has 1 aromatic carbocycles. The zero-order chi connectivity index (χ0) is 10.1. The van der Waals surface area contributed by atoms with Crippen LogP contribution in [0.4, 0.5) is 11.4 Å². The van der Waals surface area contributed by atoms with Crippen LogP contribution in [0.5, 0.6) is 5.75 Å². The molecule has 0 aliphatic heterocycles. The fourth-order valence-electron chi connectivity index (χ4n) is 1.14. The minimum Gasteiger partial charge on any atom is -1.00 e. The van der Waals surface area contributed by atoms with Crippen molar-refractivity contribution in [2.24, 2.45) is 0 Å². The fraction of sp³-hybridized carbons (Fsp3) is 0.400. The summed E-state index contributed by atoms with van der Waals surface area (Å²) in [7, 11) is 7.92. The molecular formula is C10H17ClN2O. The van der Waals surface area contributed by atoms with Gasteiger partial charge in [-0.25, -0.2) is 0 Å². The Morgan fingerprint density at radius 2 is 1.79 bits per heavy atom. The molecule has 0 aromatic heterocycles. The number of benzene rings is 1. The van der Waals surface area contributed by atoms with Gasteiger partial charge in [0, 0.05) is 12.1 Å². The Hall–Kier alpha value is -0.930. The van der Waals surface area contributed by atoms with Crippen LogP contribution in [0.2, 0.25) is 0 Å². The number of hydrogen-bond acceptors (Lipinski definition) is 2. The van der Waals surface area contributed by atoms with Gasteiger partial charge in [-0.15, -0.1) is 0 Å². The normalized spacial score (nSPS) is 10.6. The van der Waals surface area contributed by atoms with Crippen LogP contribution in [0, 0.1) is 0 Å². The van der Waals surface area contributed by atoms with Crippen molar-refractivity contribution in [3.8, 4) is 5.75 Å². The number of quaternary nitrogens is 1. The highest BCUT2D eigenvalue weighted by atomic mass is 35.5. The summed E-state index contributed by atoms with van der Waals surface area (Å²) in [5, 5.41) is 0. The second-order valence-electron chi connectivity index (χ2n) is 3.94. The van der Waals surface area contributed by atoms with Crippen molar-refractivity contribution >= 4 is 11.4 Å². The fourth-order valence-corrected chi connectivity index (χ4v) is 1.14. The Kier molecular flexibility index (Phi) is 4.23. The lowest BCUT2D eigenvalue weighted by molar-refractivity contribution is -0.00000329. The maximum Gasteiger partial charge on any atom is 0.142 e. The number of methoxy groups -OCH3 is 1. The molecule has 0 fully saturated rings. The predicted molar refractivity (Wildman–Crippen MR) is 57.0 cm³/mol. The Morgan fingerprint density at radius 1 is 1.21 bits per heavy atom. The summed E-state index contributed by atoms with van der Waals surface area (Å²) >= 11 is 0. The summed E-state index contributed by atoms with van der Waals surface area (Å²) < 4.78 is 5.84. The van der Waals surface area contributed by atoms with E-state index in [4.69, 9.17) is 10.5 Å². The molecule has 1 rings (SSSR count). The molecule has 3 nitrogen and oxygen atoms in total. The lowest BCUT2D eigenvalue weighted by Gasteiger charge is -2.23. The molecule has 0 spiro atoms. The minimum atomic E-state index is 0. The summed E-state index contributed by atoms with van der Waals surface area (Å²) in [4.78, 5) is 0. The van der Waals surface area contributed by atoms with Gasteiger partial charge in [-0.2, -0.15) is 0 Å². The number of nitrogens with zero attached hydrogens (tertiary/aromatic N) is 1. The van der Waals surface area contributed by atoms with E-state index in [1.165, 1.54) is 5.69 Å². The molecule has 0 aliphatic rings. The first-order chi connectivity index (χ1) is 5.95. The SMILES string of the molecule is COc1ccc([N+](C)(C)C)cc1N.[Cl-]. The van der Waals surface area contributed by atoms with Crippen LogP contribution >= 0.6 is 0 Å². The summed E-state index contributed by atoms with van der Waals surface area (Å²) in [6, 6.07) is 5.86. The van der Waals surface area contributed by atoms with E-state index in [9.17, 15) is 0 Å². The topological polar surface area (TPSA) is 35.2 Å². The number of anilines is 1. The molecule has 2 N–H and O–H groups in total. The quantitative estimate of drug-likeness (QED) is 0.482. The van der Waals surface area contributed by atoms with E-state index in [2.05, 4.69) is 21.1 Å². The highest BCUT2D eigenvalue weighted by Gasteiger charge is 2.13. The van der Waals surface area contributed by atoms with E-state index < -0.39 is 0 Å². The van der Waals surface area contributed by atoms with Crippen molar-refractivity contribution in [1.29, 1.82) is 0 Å². The number of nitrogen functional groups attached to an aromatic ring is 1. The van der Waals surface area contributed by atoms with E-state index in [1.807, 2.05) is 18.2 Å². The third-order valence-electron chi connectivity index (χ3n) is 1.99. The second-order valence-corrected chi connectivity index (χ2v) is 3.94. The predicted octanol–water partition coefficient (Wildman–Crippen LogP) is -1.52. The van der Waals surface area contributed by atoms with Crippen molar-refractivity contribution in [1.82, 2.24) is 4.48 Å². The minimum absolute atomic E-state index is 0. The summed E-state index contributed by atoms with van der Waals surface area (Å²) in [5.41, 5.74) is 7.65. The van der Waals surface area contributed by atoms with E-state index >= 15 is 0 Å². The van der Waals surface area contributed by atoms with Crippen LogP contribution in [0.3, 0.4) is 0 Å². The summed E-state index contributed by atoms with van der Waals surface area (Å²) in [5.74, 6) is 0.734. The molecule has 80 valence electrons. The van der Waals surface area contributed by atoms with Gasteiger partial charge in [-0.05, 0) is 6.07 Å². The van der Waals surface area contributed by atoms with E-state index in [1.54, 1.807) is 7.11 Å². The second kappa shape index (κ2) is 4.53. The van der Waals surface area contributed by atoms with E-state index in [-0.39, 0.29) is 12.4 Å². The average molecular weight is 217 g/mol. The first-order valence-electron chi connectivity index (χ1n) is 4.20. The molecule has 0 saturated heterocycles. The number of rotatable bonds is 2. The number of halogens is 1. The van der Waals surface area contributed by atoms with Crippen LogP contribution in [0.25, 0.3) is 0 Å². The molecule has 4 heteroatoms. The van der Waals surface area contributed by atoms with Gasteiger partial charge in [0.15, 0.2) is 0 Å². The molecule has 0 atom stereocenters. The van der Waals surface area contributed by atoms with Crippen molar-refractivity contribution in [3.63, 3.8) is 0 Å². The van der Waals surface area contributed by atoms with Crippen molar-refractivity contribution in [2.75, 3.05) is 34.0 Å². The third-order valence-corrected chi connectivity index (χ3v) is 1.99. The van der Waals surface area contributed by atoms with Crippen LogP contribution in [-0.2, 0) is 0 Å². The highest BCUT2D eigenvalue weighted by molar-refractivity contribution is 5.61. The van der Waals surface area contributed by atoms with Gasteiger partial charge in [-0.1, -0.05) is 0 Å². The molecule has 0 radical (unpaired) electrons. The van der Waals surface area contributed by atoms with E-state index in [0.717, 1.165) is 10.2 Å². The Morgan fingerprint density at radius 3 is 2.14 bits per heavy atom. The standard InChI is InChI=1S/C10H17N2O.ClH/c1-12(2,3)8-5-6-10(13-4)9(11)7-8;/h5-7H,11H2,1-4H3;1H/q+1;/p-1. The van der Waals surface area contributed by atoms with Gasteiger partial charge in [0.05, 0.1) is 33.9 Å².